The zero-order valence-corrected chi connectivity index (χ0v) is 14.6. The minimum atomic E-state index is 0.0483. The Balaban J connectivity index is 1.79. The molecule has 0 fully saturated rings. The maximum atomic E-state index is 5.86. The van der Waals surface area contributed by atoms with Crippen LogP contribution in [0.4, 0.5) is 5.69 Å². The molecule has 1 N–H and O–H groups in total. The van der Waals surface area contributed by atoms with Gasteiger partial charge in [-0.3, -0.25) is 0 Å². The molecule has 0 saturated heterocycles. The summed E-state index contributed by atoms with van der Waals surface area (Å²) in [4.78, 5) is 0. The number of hydrogen-bond acceptors (Lipinski definition) is 3. The molecule has 0 aliphatic rings. The number of benzene rings is 2. The number of nitrogens with one attached hydrogen (secondary N) is 1. The minimum Gasteiger partial charge on any atom is -0.491 e. The van der Waals surface area contributed by atoms with Crippen LogP contribution in [0.3, 0.4) is 0 Å². The number of rotatable bonds is 8. The minimum absolute atomic E-state index is 0.0483. The highest BCUT2D eigenvalue weighted by Gasteiger charge is 2.05. The lowest BCUT2D eigenvalue weighted by Gasteiger charge is -2.17. The van der Waals surface area contributed by atoms with Crippen LogP contribution in [0, 0.1) is 0 Å². The predicted molar refractivity (Wildman–Crippen MR) is 96.9 cm³/mol. The summed E-state index contributed by atoms with van der Waals surface area (Å²) in [5.74, 6) is 1.72. The molecule has 0 spiro atoms. The van der Waals surface area contributed by atoms with E-state index in [9.17, 15) is 0 Å². The zero-order valence-electron chi connectivity index (χ0n) is 13.9. The largest absolute Gasteiger partial charge is 0.491 e. The van der Waals surface area contributed by atoms with Crippen molar-refractivity contribution >= 4 is 17.3 Å². The number of anilines is 1. The van der Waals surface area contributed by atoms with E-state index in [1.165, 1.54) is 0 Å². The highest BCUT2D eigenvalue weighted by Crippen LogP contribution is 2.19. The van der Waals surface area contributed by atoms with E-state index in [4.69, 9.17) is 21.1 Å². The zero-order chi connectivity index (χ0) is 16.7. The smallest absolute Gasteiger partial charge is 0.119 e. The SMILES string of the molecule is CCC(C)Oc1ccc(NCC(C)Oc2ccc(Cl)cc2)cc1. The van der Waals surface area contributed by atoms with Crippen LogP contribution >= 0.6 is 11.6 Å². The van der Waals surface area contributed by atoms with Gasteiger partial charge in [-0.25, -0.2) is 0 Å². The number of hydrogen-bond donors (Lipinski definition) is 1. The summed E-state index contributed by atoms with van der Waals surface area (Å²) in [5.41, 5.74) is 1.05. The Morgan fingerprint density at radius 3 is 1.96 bits per heavy atom. The van der Waals surface area contributed by atoms with Crippen molar-refractivity contribution in [1.82, 2.24) is 0 Å². The first-order chi connectivity index (χ1) is 11.1. The van der Waals surface area contributed by atoms with Gasteiger partial charge < -0.3 is 14.8 Å². The fourth-order valence-electron chi connectivity index (χ4n) is 2.02. The lowest BCUT2D eigenvalue weighted by atomic mass is 10.2. The Hall–Kier alpha value is -1.87. The fraction of sp³-hybridized carbons (Fsp3) is 0.368. The van der Waals surface area contributed by atoms with Crippen molar-refractivity contribution in [3.63, 3.8) is 0 Å². The Kier molecular flexibility index (Phi) is 6.60. The van der Waals surface area contributed by atoms with Crippen molar-refractivity contribution in [2.45, 2.75) is 39.4 Å². The van der Waals surface area contributed by atoms with Gasteiger partial charge in [0, 0.05) is 10.7 Å². The van der Waals surface area contributed by atoms with Crippen molar-refractivity contribution in [2.24, 2.45) is 0 Å². The predicted octanol–water partition coefficient (Wildman–Crippen LogP) is 5.40. The number of ether oxygens (including phenoxy) is 2. The first-order valence-corrected chi connectivity index (χ1v) is 8.37. The second-order valence-electron chi connectivity index (χ2n) is 5.62. The molecule has 2 aromatic rings. The van der Waals surface area contributed by atoms with Crippen molar-refractivity contribution in [3.8, 4) is 11.5 Å². The van der Waals surface area contributed by atoms with Crippen LogP contribution in [0.5, 0.6) is 11.5 Å². The summed E-state index contributed by atoms with van der Waals surface area (Å²) >= 11 is 5.86. The maximum Gasteiger partial charge on any atom is 0.119 e. The Morgan fingerprint density at radius 1 is 0.870 bits per heavy atom. The molecule has 0 aliphatic heterocycles. The third-order valence-corrected chi connectivity index (χ3v) is 3.76. The van der Waals surface area contributed by atoms with Gasteiger partial charge in [-0.15, -0.1) is 0 Å². The van der Waals surface area contributed by atoms with E-state index in [2.05, 4.69) is 19.2 Å². The van der Waals surface area contributed by atoms with Crippen LogP contribution in [-0.2, 0) is 0 Å². The van der Waals surface area contributed by atoms with Crippen molar-refractivity contribution < 1.29 is 9.47 Å². The van der Waals surface area contributed by atoms with Gasteiger partial charge in [-0.05, 0) is 68.8 Å². The lowest BCUT2D eigenvalue weighted by Crippen LogP contribution is -2.22. The van der Waals surface area contributed by atoms with Gasteiger partial charge in [0.2, 0.25) is 0 Å². The highest BCUT2D eigenvalue weighted by atomic mass is 35.5. The molecule has 2 atom stereocenters. The van der Waals surface area contributed by atoms with Crippen molar-refractivity contribution in [2.75, 3.05) is 11.9 Å². The van der Waals surface area contributed by atoms with Gasteiger partial charge in [-0.2, -0.15) is 0 Å². The van der Waals surface area contributed by atoms with Gasteiger partial charge in [-0.1, -0.05) is 18.5 Å². The van der Waals surface area contributed by atoms with Crippen LogP contribution in [0.2, 0.25) is 5.02 Å². The van der Waals surface area contributed by atoms with Gasteiger partial charge >= 0.3 is 0 Å². The highest BCUT2D eigenvalue weighted by molar-refractivity contribution is 6.30. The molecular weight excluding hydrogens is 310 g/mol. The fourth-order valence-corrected chi connectivity index (χ4v) is 2.14. The summed E-state index contributed by atoms with van der Waals surface area (Å²) in [7, 11) is 0. The summed E-state index contributed by atoms with van der Waals surface area (Å²) in [5, 5.41) is 4.07. The molecule has 0 aromatic heterocycles. The molecule has 0 bridgehead atoms. The Bertz CT molecular complexity index is 583. The van der Waals surface area contributed by atoms with E-state index in [0.717, 1.165) is 23.6 Å². The van der Waals surface area contributed by atoms with E-state index >= 15 is 0 Å². The van der Waals surface area contributed by atoms with Gasteiger partial charge in [0.25, 0.3) is 0 Å². The van der Waals surface area contributed by atoms with Crippen LogP contribution < -0.4 is 14.8 Å². The molecule has 0 aliphatic carbocycles. The van der Waals surface area contributed by atoms with Crippen LogP contribution in [0.15, 0.2) is 48.5 Å². The first-order valence-electron chi connectivity index (χ1n) is 7.99. The van der Waals surface area contributed by atoms with E-state index in [0.29, 0.717) is 11.6 Å². The summed E-state index contributed by atoms with van der Waals surface area (Å²) in [6.07, 6.45) is 1.29. The molecule has 2 rings (SSSR count). The lowest BCUT2D eigenvalue weighted by molar-refractivity contribution is 0.217. The summed E-state index contributed by atoms with van der Waals surface area (Å²) < 4.78 is 11.6. The second-order valence-corrected chi connectivity index (χ2v) is 6.06. The van der Waals surface area contributed by atoms with E-state index in [1.54, 1.807) is 0 Å². The molecular formula is C19H24ClNO2. The first kappa shape index (κ1) is 17.5. The average molecular weight is 334 g/mol. The third kappa shape index (κ3) is 6.03. The average Bonchev–Trinajstić information content (AvgIpc) is 2.56. The Labute approximate surface area is 143 Å². The molecule has 0 saturated carbocycles. The van der Waals surface area contributed by atoms with Crippen LogP contribution in [0.1, 0.15) is 27.2 Å². The monoisotopic (exact) mass is 333 g/mol. The second kappa shape index (κ2) is 8.68. The maximum absolute atomic E-state index is 5.86. The van der Waals surface area contributed by atoms with E-state index < -0.39 is 0 Å². The Morgan fingerprint density at radius 2 is 1.39 bits per heavy atom. The van der Waals surface area contributed by atoms with Crippen LogP contribution in [-0.4, -0.2) is 18.8 Å². The van der Waals surface area contributed by atoms with Gasteiger partial charge in [0.15, 0.2) is 0 Å². The molecule has 124 valence electrons. The molecule has 0 radical (unpaired) electrons. The van der Waals surface area contributed by atoms with Crippen molar-refractivity contribution in [3.05, 3.63) is 53.6 Å². The van der Waals surface area contributed by atoms with Crippen LogP contribution in [0.25, 0.3) is 0 Å². The molecule has 3 nitrogen and oxygen atoms in total. The quantitative estimate of drug-likeness (QED) is 0.702. The van der Waals surface area contributed by atoms with Gasteiger partial charge in [0.05, 0.1) is 12.6 Å². The molecule has 0 amide bonds. The molecule has 2 unspecified atom stereocenters. The standard InChI is InChI=1S/C19H24ClNO2/c1-4-14(2)22-19-11-7-17(8-12-19)21-13-15(3)23-18-9-5-16(20)6-10-18/h5-12,14-15,21H,4,13H2,1-3H3. The third-order valence-electron chi connectivity index (χ3n) is 3.51. The summed E-state index contributed by atoms with van der Waals surface area (Å²) in [6.45, 7) is 6.93. The normalized spacial score (nSPS) is 13.2. The van der Waals surface area contributed by atoms with E-state index in [1.807, 2.05) is 55.5 Å². The van der Waals surface area contributed by atoms with Crippen molar-refractivity contribution in [1.29, 1.82) is 0 Å². The number of halogens is 1. The molecule has 2 aromatic carbocycles. The topological polar surface area (TPSA) is 30.5 Å². The molecule has 23 heavy (non-hydrogen) atoms. The van der Waals surface area contributed by atoms with Gasteiger partial charge in [0.1, 0.15) is 17.6 Å². The molecule has 0 heterocycles. The summed E-state index contributed by atoms with van der Waals surface area (Å²) in [6, 6.07) is 15.4. The molecule has 4 heteroatoms. The van der Waals surface area contributed by atoms with E-state index in [-0.39, 0.29) is 12.2 Å².